The van der Waals surface area contributed by atoms with E-state index in [0.29, 0.717) is 5.75 Å². The van der Waals surface area contributed by atoms with Gasteiger partial charge in [-0.2, -0.15) is 0 Å². The average molecular weight is 407 g/mol. The average Bonchev–Trinajstić information content (AvgIpc) is 3.32. The van der Waals surface area contributed by atoms with Gasteiger partial charge in [-0.25, -0.2) is 4.98 Å². The SMILES string of the molecule is CSc1nnc(SCC(=O)N2CCC(c3nc4ccccc4o3)CC2)s1. The molecular formula is C17H18N4O2S3. The Labute approximate surface area is 163 Å². The van der Waals surface area contributed by atoms with Crippen molar-refractivity contribution in [2.45, 2.75) is 27.4 Å². The molecule has 0 saturated carbocycles. The van der Waals surface area contributed by atoms with Crippen LogP contribution >= 0.6 is 34.9 Å². The molecule has 2 aromatic heterocycles. The second-order valence-corrected chi connectivity index (χ2v) is 9.25. The summed E-state index contributed by atoms with van der Waals surface area (Å²) in [6.45, 7) is 1.49. The zero-order valence-corrected chi connectivity index (χ0v) is 16.7. The number of hydrogen-bond donors (Lipinski definition) is 0. The highest BCUT2D eigenvalue weighted by Gasteiger charge is 2.27. The van der Waals surface area contributed by atoms with Crippen molar-refractivity contribution >= 4 is 51.9 Å². The molecule has 3 heterocycles. The van der Waals surface area contributed by atoms with E-state index in [0.717, 1.165) is 51.6 Å². The van der Waals surface area contributed by atoms with E-state index in [1.165, 1.54) is 23.1 Å². The number of fused-ring (bicyclic) bond motifs is 1. The second-order valence-electron chi connectivity index (χ2n) is 6.00. The first-order chi connectivity index (χ1) is 12.7. The van der Waals surface area contributed by atoms with Crippen molar-refractivity contribution in [1.29, 1.82) is 0 Å². The van der Waals surface area contributed by atoms with E-state index in [2.05, 4.69) is 15.2 Å². The number of oxazole rings is 1. The fourth-order valence-electron chi connectivity index (χ4n) is 2.99. The smallest absolute Gasteiger partial charge is 0.233 e. The Morgan fingerprint density at radius 3 is 2.77 bits per heavy atom. The highest BCUT2D eigenvalue weighted by Crippen LogP contribution is 2.31. The zero-order valence-electron chi connectivity index (χ0n) is 14.3. The van der Waals surface area contributed by atoms with Crippen LogP contribution in [-0.4, -0.2) is 51.1 Å². The lowest BCUT2D eigenvalue weighted by molar-refractivity contribution is -0.129. The molecule has 1 aromatic carbocycles. The third-order valence-corrected chi connectivity index (χ3v) is 7.41. The number of benzene rings is 1. The number of amides is 1. The Morgan fingerprint density at radius 1 is 1.27 bits per heavy atom. The van der Waals surface area contributed by atoms with Crippen molar-refractivity contribution in [2.75, 3.05) is 25.1 Å². The number of nitrogens with zero attached hydrogens (tertiary/aromatic N) is 4. The maximum Gasteiger partial charge on any atom is 0.233 e. The quantitative estimate of drug-likeness (QED) is 0.595. The minimum absolute atomic E-state index is 0.159. The van der Waals surface area contributed by atoms with E-state index >= 15 is 0 Å². The predicted octanol–water partition coefficient (Wildman–Crippen LogP) is 3.90. The van der Waals surface area contributed by atoms with Crippen LogP contribution in [0.1, 0.15) is 24.7 Å². The number of carbonyl (C=O) groups excluding carboxylic acids is 1. The van der Waals surface area contributed by atoms with Crippen LogP contribution in [0.15, 0.2) is 37.4 Å². The van der Waals surface area contributed by atoms with Gasteiger partial charge in [0.05, 0.1) is 5.75 Å². The van der Waals surface area contributed by atoms with Gasteiger partial charge in [-0.3, -0.25) is 4.79 Å². The van der Waals surface area contributed by atoms with Gasteiger partial charge in [0.2, 0.25) is 5.91 Å². The van der Waals surface area contributed by atoms with Gasteiger partial charge < -0.3 is 9.32 Å². The fourth-order valence-corrected chi connectivity index (χ4v) is 5.33. The third kappa shape index (κ3) is 3.89. The van der Waals surface area contributed by atoms with Gasteiger partial charge >= 0.3 is 0 Å². The summed E-state index contributed by atoms with van der Waals surface area (Å²) in [6.07, 6.45) is 3.75. The fraction of sp³-hybridized carbons (Fsp3) is 0.412. The molecule has 1 saturated heterocycles. The van der Waals surface area contributed by atoms with Crippen LogP contribution in [0.25, 0.3) is 11.1 Å². The third-order valence-electron chi connectivity index (χ3n) is 4.39. The van der Waals surface area contributed by atoms with Crippen LogP contribution in [0, 0.1) is 0 Å². The number of hydrogen-bond acceptors (Lipinski definition) is 8. The largest absolute Gasteiger partial charge is 0.440 e. The minimum atomic E-state index is 0.159. The van der Waals surface area contributed by atoms with Gasteiger partial charge in [0.1, 0.15) is 5.52 Å². The maximum absolute atomic E-state index is 12.4. The molecule has 6 nitrogen and oxygen atoms in total. The molecule has 0 bridgehead atoms. The summed E-state index contributed by atoms with van der Waals surface area (Å²) in [5, 5.41) is 8.15. The van der Waals surface area contributed by atoms with Crippen LogP contribution in [0.3, 0.4) is 0 Å². The number of aromatic nitrogens is 3. The number of piperidine rings is 1. The molecule has 1 amide bonds. The molecule has 0 radical (unpaired) electrons. The molecule has 1 fully saturated rings. The molecule has 1 aliphatic rings. The summed E-state index contributed by atoms with van der Waals surface area (Å²) in [5.74, 6) is 1.65. The second kappa shape index (κ2) is 7.98. The molecule has 9 heteroatoms. The van der Waals surface area contributed by atoms with Crippen molar-refractivity contribution in [1.82, 2.24) is 20.1 Å². The van der Waals surface area contributed by atoms with Gasteiger partial charge in [-0.05, 0) is 31.2 Å². The summed E-state index contributed by atoms with van der Waals surface area (Å²) in [5.41, 5.74) is 1.73. The molecule has 0 atom stereocenters. The van der Waals surface area contributed by atoms with Crippen LogP contribution in [-0.2, 0) is 4.79 Å². The van der Waals surface area contributed by atoms with Crippen LogP contribution in [0.2, 0.25) is 0 Å². The summed E-state index contributed by atoms with van der Waals surface area (Å²) in [6, 6.07) is 7.83. The lowest BCUT2D eigenvalue weighted by atomic mass is 9.97. The molecule has 0 unspecified atom stereocenters. The number of carbonyl (C=O) groups is 1. The normalized spacial score (nSPS) is 15.7. The molecule has 136 valence electrons. The van der Waals surface area contributed by atoms with Gasteiger partial charge in [0, 0.05) is 19.0 Å². The first-order valence-corrected chi connectivity index (χ1v) is 11.4. The first kappa shape index (κ1) is 17.8. The number of rotatable bonds is 5. The van der Waals surface area contributed by atoms with Crippen LogP contribution in [0.5, 0.6) is 0 Å². The highest BCUT2D eigenvalue weighted by molar-refractivity contribution is 8.03. The summed E-state index contributed by atoms with van der Waals surface area (Å²) >= 11 is 4.57. The number of thioether (sulfide) groups is 2. The summed E-state index contributed by atoms with van der Waals surface area (Å²) in [7, 11) is 0. The monoisotopic (exact) mass is 406 g/mol. The molecule has 3 aromatic rings. The molecule has 4 rings (SSSR count). The maximum atomic E-state index is 12.4. The molecular weight excluding hydrogens is 388 g/mol. The van der Waals surface area contributed by atoms with Gasteiger partial charge in [-0.15, -0.1) is 10.2 Å². The van der Waals surface area contributed by atoms with Crippen molar-refractivity contribution in [2.24, 2.45) is 0 Å². The molecule has 0 aliphatic carbocycles. The zero-order chi connectivity index (χ0) is 17.9. The van der Waals surface area contributed by atoms with Crippen LogP contribution < -0.4 is 0 Å². The van der Waals surface area contributed by atoms with Crippen molar-refractivity contribution in [3.05, 3.63) is 30.2 Å². The predicted molar refractivity (Wildman–Crippen MR) is 105 cm³/mol. The summed E-state index contributed by atoms with van der Waals surface area (Å²) < 4.78 is 7.67. The molecule has 26 heavy (non-hydrogen) atoms. The highest BCUT2D eigenvalue weighted by atomic mass is 32.2. The topological polar surface area (TPSA) is 72.1 Å². The van der Waals surface area contributed by atoms with E-state index in [-0.39, 0.29) is 11.8 Å². The Morgan fingerprint density at radius 2 is 2.04 bits per heavy atom. The molecule has 0 N–H and O–H groups in total. The van der Waals surface area contributed by atoms with Crippen molar-refractivity contribution in [3.63, 3.8) is 0 Å². The standard InChI is InChI=1S/C17H18N4O2S3/c1-24-16-19-20-17(26-16)25-10-14(22)21-8-6-11(7-9-21)15-18-12-4-2-3-5-13(12)23-15/h2-5,11H,6-10H2,1H3. The first-order valence-electron chi connectivity index (χ1n) is 8.36. The lowest BCUT2D eigenvalue weighted by Crippen LogP contribution is -2.39. The van der Waals surface area contributed by atoms with E-state index < -0.39 is 0 Å². The Balaban J connectivity index is 1.30. The Kier molecular flexibility index (Phi) is 5.46. The van der Waals surface area contributed by atoms with Gasteiger partial charge in [0.15, 0.2) is 20.2 Å². The van der Waals surface area contributed by atoms with Crippen LogP contribution in [0.4, 0.5) is 0 Å². The van der Waals surface area contributed by atoms with Crippen molar-refractivity contribution < 1.29 is 9.21 Å². The van der Waals surface area contributed by atoms with E-state index in [1.54, 1.807) is 11.8 Å². The van der Waals surface area contributed by atoms with E-state index in [9.17, 15) is 4.79 Å². The van der Waals surface area contributed by atoms with Gasteiger partial charge in [0.25, 0.3) is 0 Å². The van der Waals surface area contributed by atoms with Gasteiger partial charge in [-0.1, -0.05) is 47.0 Å². The molecule has 0 spiro atoms. The number of para-hydroxylation sites is 2. The van der Waals surface area contributed by atoms with E-state index in [4.69, 9.17) is 4.42 Å². The minimum Gasteiger partial charge on any atom is -0.440 e. The van der Waals surface area contributed by atoms with Crippen molar-refractivity contribution in [3.8, 4) is 0 Å². The lowest BCUT2D eigenvalue weighted by Gasteiger charge is -2.30. The van der Waals surface area contributed by atoms with E-state index in [1.807, 2.05) is 35.4 Å². The Hall–Kier alpha value is -1.58. The summed E-state index contributed by atoms with van der Waals surface area (Å²) in [4.78, 5) is 19.0. The molecule has 1 aliphatic heterocycles. The Bertz CT molecular complexity index is 869. The number of likely N-dealkylation sites (tertiary alicyclic amines) is 1.